The summed E-state index contributed by atoms with van der Waals surface area (Å²) < 4.78 is 37.2. The Morgan fingerprint density at radius 3 is 2.34 bits per heavy atom. The minimum absolute atomic E-state index is 0. The van der Waals surface area contributed by atoms with Crippen LogP contribution in [-0.4, -0.2) is 61.3 Å². The van der Waals surface area contributed by atoms with Crippen LogP contribution in [0.25, 0.3) is 5.69 Å². The van der Waals surface area contributed by atoms with Crippen molar-refractivity contribution in [2.24, 2.45) is 0 Å². The lowest BCUT2D eigenvalue weighted by atomic mass is 9.81. The number of rotatable bonds is 11. The van der Waals surface area contributed by atoms with Crippen LogP contribution >= 0.6 is 35.0 Å². The van der Waals surface area contributed by atoms with Gasteiger partial charge in [0.1, 0.15) is 17.4 Å². The molecule has 0 spiro atoms. The maximum atomic E-state index is 15.3. The van der Waals surface area contributed by atoms with Gasteiger partial charge in [0.05, 0.1) is 58.3 Å². The number of nitrogens with one attached hydrogen (secondary N) is 1. The topological polar surface area (TPSA) is 56.1 Å². The van der Waals surface area contributed by atoms with Gasteiger partial charge < -0.3 is 26.9 Å². The van der Waals surface area contributed by atoms with Gasteiger partial charge in [0.2, 0.25) is 0 Å². The van der Waals surface area contributed by atoms with Crippen molar-refractivity contribution >= 4 is 40.9 Å². The number of nitrogens with zero attached hydrogens (tertiary/aromatic N) is 3. The number of quaternary nitrogens is 1. The van der Waals surface area contributed by atoms with E-state index in [2.05, 4.69) is 10.3 Å². The molecule has 0 unspecified atom stereocenters. The molecule has 6 nitrogen and oxygen atoms in total. The molecule has 1 heterocycles. The third-order valence-corrected chi connectivity index (χ3v) is 8.77. The summed E-state index contributed by atoms with van der Waals surface area (Å²) in [5, 5.41) is 4.03. The highest BCUT2D eigenvalue weighted by Crippen LogP contribution is 2.39. The van der Waals surface area contributed by atoms with Crippen molar-refractivity contribution in [1.29, 1.82) is 0 Å². The van der Waals surface area contributed by atoms with Gasteiger partial charge in [-0.15, -0.1) is 0 Å². The second kappa shape index (κ2) is 14.5. The molecule has 12 heteroatoms. The molecule has 3 aromatic carbocycles. The van der Waals surface area contributed by atoms with Crippen molar-refractivity contribution < 1.29 is 35.2 Å². The zero-order valence-electron chi connectivity index (χ0n) is 25.4. The Morgan fingerprint density at radius 2 is 1.73 bits per heavy atom. The Balaban J connectivity index is 0.00000529. The number of halogens is 5. The Kier molecular flexibility index (Phi) is 11.8. The summed E-state index contributed by atoms with van der Waals surface area (Å²) in [5.74, 6) is -0.625. The largest absolute Gasteiger partial charge is 1.00 e. The van der Waals surface area contributed by atoms with Gasteiger partial charge in [-0.3, -0.25) is 9.36 Å². The van der Waals surface area contributed by atoms with E-state index in [0.717, 1.165) is 17.8 Å². The van der Waals surface area contributed by atoms with Gasteiger partial charge in [-0.2, -0.15) is 0 Å². The number of ether oxygens (including phenoxy) is 1. The standard InChI is InChI=1S/C32H34Cl2F2N4O2S.ClH/c1-32(2,21-7-12-25(33)28(17-21)42-6)29-18-38-31(39(29)23-10-8-22(35)9-11-23)43-19-24-26(34)15-20(16-27(24)36)30(41)37-13-14-40(3,4)5;/h7-12,15-18H,13-14,19H2,1-6H3;1H. The van der Waals surface area contributed by atoms with E-state index in [0.29, 0.717) is 32.6 Å². The average molecular weight is 684 g/mol. The Labute approximate surface area is 277 Å². The minimum Gasteiger partial charge on any atom is -1.00 e. The van der Waals surface area contributed by atoms with Gasteiger partial charge >= 0.3 is 0 Å². The highest BCUT2D eigenvalue weighted by Gasteiger charge is 2.30. The molecule has 44 heavy (non-hydrogen) atoms. The number of hydrogen-bond acceptors (Lipinski definition) is 4. The summed E-state index contributed by atoms with van der Waals surface area (Å²) in [5.41, 5.74) is 2.27. The van der Waals surface area contributed by atoms with Gasteiger partial charge in [-0.25, -0.2) is 13.8 Å². The van der Waals surface area contributed by atoms with Gasteiger partial charge in [0.25, 0.3) is 5.91 Å². The van der Waals surface area contributed by atoms with Crippen LogP contribution in [0.5, 0.6) is 5.75 Å². The van der Waals surface area contributed by atoms with Gasteiger partial charge in [-0.05, 0) is 54.1 Å². The molecule has 0 saturated carbocycles. The predicted molar refractivity (Wildman–Crippen MR) is 170 cm³/mol. The summed E-state index contributed by atoms with van der Waals surface area (Å²) in [6, 6.07) is 14.4. The summed E-state index contributed by atoms with van der Waals surface area (Å²) >= 11 is 14.1. The van der Waals surface area contributed by atoms with Crippen molar-refractivity contribution in [3.05, 3.63) is 105 Å². The number of hydrogen-bond donors (Lipinski definition) is 1. The number of methoxy groups -OCH3 is 1. The molecule has 0 radical (unpaired) electrons. The molecule has 0 aliphatic heterocycles. The van der Waals surface area contributed by atoms with Crippen LogP contribution in [0.4, 0.5) is 8.78 Å². The molecule has 4 aromatic rings. The summed E-state index contributed by atoms with van der Waals surface area (Å²) in [6.07, 6.45) is 1.76. The molecular weight excluding hydrogens is 649 g/mol. The lowest BCUT2D eigenvalue weighted by Crippen LogP contribution is -3.00. The van der Waals surface area contributed by atoms with Gasteiger partial charge in [0.15, 0.2) is 5.16 Å². The molecule has 0 atom stereocenters. The fourth-order valence-corrected chi connectivity index (χ4v) is 6.10. The van der Waals surface area contributed by atoms with Crippen molar-refractivity contribution in [2.75, 3.05) is 41.3 Å². The smallest absolute Gasteiger partial charge is 0.251 e. The number of carbonyl (C=O) groups is 1. The van der Waals surface area contributed by atoms with Gasteiger partial charge in [-0.1, -0.05) is 54.9 Å². The molecule has 1 amide bonds. The van der Waals surface area contributed by atoms with E-state index in [4.69, 9.17) is 27.9 Å². The zero-order valence-corrected chi connectivity index (χ0v) is 28.4. The van der Waals surface area contributed by atoms with E-state index in [9.17, 15) is 9.18 Å². The molecular formula is C32H35Cl3F2N4O2S. The molecule has 0 saturated heterocycles. The van der Waals surface area contributed by atoms with Crippen LogP contribution in [0.2, 0.25) is 10.0 Å². The van der Waals surface area contributed by atoms with Crippen molar-refractivity contribution in [3.8, 4) is 11.4 Å². The normalized spacial score (nSPS) is 11.7. The molecule has 4 rings (SSSR count). The van der Waals surface area contributed by atoms with Crippen LogP contribution in [-0.2, 0) is 11.2 Å². The number of carbonyl (C=O) groups excluding carboxylic acids is 1. The number of amides is 1. The first-order valence-electron chi connectivity index (χ1n) is 13.6. The molecule has 0 fully saturated rings. The fourth-order valence-electron chi connectivity index (χ4n) is 4.53. The van der Waals surface area contributed by atoms with Crippen LogP contribution < -0.4 is 22.5 Å². The number of likely N-dealkylation sites (N-methyl/N-ethyl adjacent to an activating group) is 1. The van der Waals surface area contributed by atoms with E-state index >= 15 is 4.39 Å². The first-order chi connectivity index (χ1) is 20.2. The molecule has 236 valence electrons. The number of aromatic nitrogens is 2. The monoisotopic (exact) mass is 682 g/mol. The molecule has 0 aliphatic carbocycles. The van der Waals surface area contributed by atoms with E-state index in [1.54, 1.807) is 31.5 Å². The molecule has 1 aromatic heterocycles. The summed E-state index contributed by atoms with van der Waals surface area (Å²) in [4.78, 5) is 17.3. The molecule has 0 aliphatic rings. The van der Waals surface area contributed by atoms with Crippen LogP contribution in [0.1, 0.15) is 41.0 Å². The maximum Gasteiger partial charge on any atom is 0.251 e. The second-order valence-corrected chi connectivity index (χ2v) is 13.4. The number of imidazole rings is 1. The SMILES string of the molecule is COc1cc(C(C)(C)c2cnc(SCc3c(F)cc(C(=O)NCC[N+](C)(C)C)cc3Cl)n2-c2ccc(F)cc2)ccc1Cl.[Cl-]. The quantitative estimate of drug-likeness (QED) is 0.187. The zero-order chi connectivity index (χ0) is 31.5. The van der Waals surface area contributed by atoms with Gasteiger partial charge in [0, 0.05) is 33.0 Å². The third kappa shape index (κ3) is 8.25. The average Bonchev–Trinajstić information content (AvgIpc) is 3.37. The number of thioether (sulfide) groups is 1. The third-order valence-electron chi connectivity index (χ3n) is 7.14. The van der Waals surface area contributed by atoms with Crippen LogP contribution in [0.15, 0.2) is 66.0 Å². The van der Waals surface area contributed by atoms with Crippen molar-refractivity contribution in [1.82, 2.24) is 14.9 Å². The molecule has 0 bridgehead atoms. The van der Waals surface area contributed by atoms with Crippen molar-refractivity contribution in [3.63, 3.8) is 0 Å². The second-order valence-electron chi connectivity index (χ2n) is 11.7. The fraction of sp³-hybridized carbons (Fsp3) is 0.312. The molecule has 1 N–H and O–H groups in total. The summed E-state index contributed by atoms with van der Waals surface area (Å²) in [6.45, 7) is 5.26. The van der Waals surface area contributed by atoms with E-state index in [1.165, 1.54) is 36.0 Å². The first kappa shape index (κ1) is 35.7. The Morgan fingerprint density at radius 1 is 1.05 bits per heavy atom. The highest BCUT2D eigenvalue weighted by molar-refractivity contribution is 7.98. The predicted octanol–water partition coefficient (Wildman–Crippen LogP) is 4.52. The van der Waals surface area contributed by atoms with E-state index in [-0.39, 0.29) is 46.0 Å². The lowest BCUT2D eigenvalue weighted by Gasteiger charge is -2.28. The van der Waals surface area contributed by atoms with E-state index < -0.39 is 11.2 Å². The lowest BCUT2D eigenvalue weighted by molar-refractivity contribution is -0.869. The van der Waals surface area contributed by atoms with Crippen LogP contribution in [0, 0.1) is 11.6 Å². The number of benzene rings is 3. The minimum atomic E-state index is -0.582. The first-order valence-corrected chi connectivity index (χ1v) is 15.3. The highest BCUT2D eigenvalue weighted by atomic mass is 35.5. The summed E-state index contributed by atoms with van der Waals surface area (Å²) in [7, 11) is 7.63. The van der Waals surface area contributed by atoms with E-state index in [1.807, 2.05) is 51.7 Å². The maximum absolute atomic E-state index is 15.3. The Hall–Kier alpha value is -2.82. The van der Waals surface area contributed by atoms with Crippen LogP contribution in [0.3, 0.4) is 0 Å². The van der Waals surface area contributed by atoms with Crippen molar-refractivity contribution in [2.45, 2.75) is 30.2 Å². The Bertz CT molecular complexity index is 1600.